The number of hydrogen-bond acceptors (Lipinski definition) is 5. The van der Waals surface area contributed by atoms with Crippen molar-refractivity contribution >= 4 is 27.5 Å². The average Bonchev–Trinajstić information content (AvgIpc) is 3.02. The lowest BCUT2D eigenvalue weighted by Gasteiger charge is -2.35. The van der Waals surface area contributed by atoms with Gasteiger partial charge in [-0.05, 0) is 75.2 Å². The fourth-order valence-electron chi connectivity index (χ4n) is 4.91. The Bertz CT molecular complexity index is 1640. The lowest BCUT2D eigenvalue weighted by molar-refractivity contribution is -0.140. The number of sulfonamides is 1. The summed E-state index contributed by atoms with van der Waals surface area (Å²) in [5.74, 6) is -0.292. The number of ether oxygens (including phenoxy) is 1. The van der Waals surface area contributed by atoms with Crippen molar-refractivity contribution in [3.63, 3.8) is 0 Å². The molecule has 0 bridgehead atoms. The number of nitrogens with one attached hydrogen (secondary N) is 1. The summed E-state index contributed by atoms with van der Waals surface area (Å²) in [5, 5.41) is 3.04. The Balaban J connectivity index is 1.77. The van der Waals surface area contributed by atoms with Gasteiger partial charge in [-0.3, -0.25) is 13.9 Å². The monoisotopic (exact) mass is 627 g/mol. The molecule has 0 aromatic heterocycles. The summed E-state index contributed by atoms with van der Waals surface area (Å²) in [7, 11) is -4.19. The highest BCUT2D eigenvalue weighted by atomic mass is 32.2. The van der Waals surface area contributed by atoms with E-state index in [0.29, 0.717) is 18.0 Å². The third-order valence-electron chi connectivity index (χ3n) is 7.01. The predicted molar refractivity (Wildman–Crippen MR) is 177 cm³/mol. The Labute approximate surface area is 266 Å². The second kappa shape index (κ2) is 14.9. The van der Waals surface area contributed by atoms with Gasteiger partial charge in [-0.1, -0.05) is 78.9 Å². The Kier molecular flexibility index (Phi) is 11.0. The lowest BCUT2D eigenvalue weighted by Crippen LogP contribution is -2.56. The maximum atomic E-state index is 14.5. The summed E-state index contributed by atoms with van der Waals surface area (Å²) < 4.78 is 34.9. The predicted octanol–water partition coefficient (Wildman–Crippen LogP) is 5.84. The van der Waals surface area contributed by atoms with E-state index in [1.807, 2.05) is 88.4 Å². The molecule has 0 spiro atoms. The molecule has 2 amide bonds. The highest BCUT2D eigenvalue weighted by molar-refractivity contribution is 7.92. The molecule has 45 heavy (non-hydrogen) atoms. The minimum Gasteiger partial charge on any atom is -0.494 e. The molecule has 4 aromatic carbocycles. The molecule has 8 nitrogen and oxygen atoms in total. The number of amides is 2. The Morgan fingerprint density at radius 1 is 0.778 bits per heavy atom. The van der Waals surface area contributed by atoms with E-state index in [1.165, 1.54) is 17.0 Å². The number of carbonyl (C=O) groups excluding carboxylic acids is 2. The first-order valence-electron chi connectivity index (χ1n) is 15.0. The molecule has 1 atom stereocenters. The quantitative estimate of drug-likeness (QED) is 0.201. The molecule has 1 unspecified atom stereocenters. The zero-order chi connectivity index (χ0) is 32.5. The average molecular weight is 628 g/mol. The van der Waals surface area contributed by atoms with Gasteiger partial charge in [0.2, 0.25) is 11.8 Å². The summed E-state index contributed by atoms with van der Waals surface area (Å²) in [6.45, 7) is 7.54. The van der Waals surface area contributed by atoms with Gasteiger partial charge in [0.1, 0.15) is 18.3 Å². The van der Waals surface area contributed by atoms with E-state index in [0.717, 1.165) is 15.4 Å². The van der Waals surface area contributed by atoms with Crippen LogP contribution in [0.1, 0.15) is 38.8 Å². The molecule has 0 aliphatic heterocycles. The zero-order valence-corrected chi connectivity index (χ0v) is 27.0. The van der Waals surface area contributed by atoms with E-state index in [9.17, 15) is 18.0 Å². The number of carbonyl (C=O) groups is 2. The fourth-order valence-corrected chi connectivity index (χ4v) is 6.33. The number of benzene rings is 4. The van der Waals surface area contributed by atoms with Crippen LogP contribution in [0.15, 0.2) is 120 Å². The van der Waals surface area contributed by atoms with Crippen molar-refractivity contribution in [1.29, 1.82) is 0 Å². The second-order valence-corrected chi connectivity index (χ2v) is 13.6. The van der Waals surface area contributed by atoms with Crippen LogP contribution in [0.2, 0.25) is 0 Å². The van der Waals surface area contributed by atoms with Crippen LogP contribution in [-0.2, 0) is 32.6 Å². The van der Waals surface area contributed by atoms with Crippen molar-refractivity contribution in [3.05, 3.63) is 126 Å². The van der Waals surface area contributed by atoms with Gasteiger partial charge in [0.05, 0.1) is 17.2 Å². The van der Waals surface area contributed by atoms with Gasteiger partial charge in [-0.25, -0.2) is 8.42 Å². The minimum absolute atomic E-state index is 0.0172. The SMILES string of the molecule is CCOc1ccc(S(=O)(=O)N(CC(=O)N(Cc2ccccc2)C(Cc2ccccc2)C(=O)NC(C)(C)C)c2ccccc2)cc1. The van der Waals surface area contributed by atoms with Crippen LogP contribution in [0, 0.1) is 0 Å². The van der Waals surface area contributed by atoms with E-state index in [4.69, 9.17) is 4.74 Å². The molecule has 0 aliphatic rings. The smallest absolute Gasteiger partial charge is 0.264 e. The fraction of sp³-hybridized carbons (Fsp3) is 0.278. The van der Waals surface area contributed by atoms with Gasteiger partial charge in [-0.2, -0.15) is 0 Å². The van der Waals surface area contributed by atoms with Crippen LogP contribution in [0.25, 0.3) is 0 Å². The Hall–Kier alpha value is -4.63. The first-order chi connectivity index (χ1) is 21.5. The number of rotatable bonds is 13. The van der Waals surface area contributed by atoms with Crippen molar-refractivity contribution < 1.29 is 22.7 Å². The van der Waals surface area contributed by atoms with E-state index in [2.05, 4.69) is 5.32 Å². The minimum atomic E-state index is -4.19. The molecule has 0 saturated carbocycles. The molecule has 0 fully saturated rings. The molecule has 9 heteroatoms. The Morgan fingerprint density at radius 3 is 1.84 bits per heavy atom. The number of anilines is 1. The summed E-state index contributed by atoms with van der Waals surface area (Å²) in [5.41, 5.74) is 1.46. The molecule has 1 N–H and O–H groups in total. The van der Waals surface area contributed by atoms with Gasteiger partial charge in [0, 0.05) is 18.5 Å². The summed E-state index contributed by atoms with van der Waals surface area (Å²) >= 11 is 0. The highest BCUT2D eigenvalue weighted by Crippen LogP contribution is 2.26. The van der Waals surface area contributed by atoms with E-state index in [1.54, 1.807) is 42.5 Å². The van der Waals surface area contributed by atoms with E-state index in [-0.39, 0.29) is 23.8 Å². The van der Waals surface area contributed by atoms with Crippen LogP contribution < -0.4 is 14.4 Å². The molecule has 0 saturated heterocycles. The van der Waals surface area contributed by atoms with Crippen LogP contribution in [-0.4, -0.2) is 49.9 Å². The van der Waals surface area contributed by atoms with Crippen molar-refractivity contribution in [2.24, 2.45) is 0 Å². The molecule has 4 aromatic rings. The topological polar surface area (TPSA) is 96.0 Å². The van der Waals surface area contributed by atoms with Crippen molar-refractivity contribution in [3.8, 4) is 5.75 Å². The first-order valence-corrected chi connectivity index (χ1v) is 16.4. The Morgan fingerprint density at radius 2 is 1.31 bits per heavy atom. The van der Waals surface area contributed by atoms with E-state index < -0.39 is 34.1 Å². The van der Waals surface area contributed by atoms with Crippen molar-refractivity contribution in [1.82, 2.24) is 10.2 Å². The van der Waals surface area contributed by atoms with Crippen LogP contribution >= 0.6 is 0 Å². The van der Waals surface area contributed by atoms with E-state index >= 15 is 0 Å². The number of nitrogens with zero attached hydrogens (tertiary/aromatic N) is 2. The molecular weight excluding hydrogens is 586 g/mol. The molecule has 0 aliphatic carbocycles. The van der Waals surface area contributed by atoms with Crippen LogP contribution in [0.3, 0.4) is 0 Å². The van der Waals surface area contributed by atoms with Crippen LogP contribution in [0.4, 0.5) is 5.69 Å². The molecule has 236 valence electrons. The number of hydrogen-bond donors (Lipinski definition) is 1. The van der Waals surface area contributed by atoms with Gasteiger partial charge >= 0.3 is 0 Å². The lowest BCUT2D eigenvalue weighted by atomic mass is 10.0. The third-order valence-corrected chi connectivity index (χ3v) is 8.80. The summed E-state index contributed by atoms with van der Waals surface area (Å²) in [4.78, 5) is 29.9. The van der Waals surface area contributed by atoms with Gasteiger partial charge in [-0.15, -0.1) is 0 Å². The van der Waals surface area contributed by atoms with Gasteiger partial charge in [0.25, 0.3) is 10.0 Å². The van der Waals surface area contributed by atoms with Crippen molar-refractivity contribution in [2.45, 2.75) is 57.1 Å². The summed E-state index contributed by atoms with van der Waals surface area (Å²) in [6.07, 6.45) is 0.248. The number of para-hydroxylation sites is 1. The second-order valence-electron chi connectivity index (χ2n) is 11.7. The largest absolute Gasteiger partial charge is 0.494 e. The maximum absolute atomic E-state index is 14.5. The van der Waals surface area contributed by atoms with Crippen molar-refractivity contribution in [2.75, 3.05) is 17.5 Å². The van der Waals surface area contributed by atoms with Crippen LogP contribution in [0.5, 0.6) is 5.75 Å². The summed E-state index contributed by atoms with van der Waals surface area (Å²) in [6, 6.07) is 32.6. The normalized spacial score (nSPS) is 12.2. The van der Waals surface area contributed by atoms with Gasteiger partial charge < -0.3 is 15.0 Å². The molecule has 0 radical (unpaired) electrons. The molecule has 4 rings (SSSR count). The highest BCUT2D eigenvalue weighted by Gasteiger charge is 2.35. The molecular formula is C36H41N3O5S. The standard InChI is InChI=1S/C36H41N3O5S/c1-5-44-31-21-23-32(24-22-31)45(42,43)39(30-19-13-8-14-20-30)27-34(40)38(26-29-17-11-7-12-18-29)33(35(41)37-36(2,3)4)25-28-15-9-6-10-16-28/h6-24,33H,5,25-27H2,1-4H3,(H,37,41). The third kappa shape index (κ3) is 9.18. The zero-order valence-electron chi connectivity index (χ0n) is 26.2. The van der Waals surface area contributed by atoms with Gasteiger partial charge in [0.15, 0.2) is 0 Å². The maximum Gasteiger partial charge on any atom is 0.264 e. The molecule has 0 heterocycles. The first kappa shape index (κ1) is 33.3.